The van der Waals surface area contributed by atoms with Gasteiger partial charge in [-0.25, -0.2) is 13.1 Å². The molecule has 5 nitrogen and oxygen atoms in total. The molecule has 2 heterocycles. The van der Waals surface area contributed by atoms with Gasteiger partial charge in [0.1, 0.15) is 4.21 Å². The first kappa shape index (κ1) is 16.9. The van der Waals surface area contributed by atoms with Gasteiger partial charge in [-0.05, 0) is 31.4 Å². The van der Waals surface area contributed by atoms with E-state index in [4.69, 9.17) is 4.74 Å². The highest BCUT2D eigenvalue weighted by Crippen LogP contribution is 2.26. The summed E-state index contributed by atoms with van der Waals surface area (Å²) in [6, 6.07) is 2.13. The lowest BCUT2D eigenvalue weighted by atomic mass is 10.2. The smallest absolute Gasteiger partial charge is 0.250 e. The van der Waals surface area contributed by atoms with E-state index in [1.165, 1.54) is 11.3 Å². The molecule has 0 aromatic carbocycles. The average molecular weight is 332 g/mol. The second-order valence-corrected chi connectivity index (χ2v) is 8.82. The molecule has 1 aliphatic rings. The van der Waals surface area contributed by atoms with Crippen molar-refractivity contribution in [3.05, 3.63) is 16.5 Å². The van der Waals surface area contributed by atoms with E-state index < -0.39 is 10.0 Å². The number of rotatable bonds is 7. The van der Waals surface area contributed by atoms with Crippen LogP contribution in [0.2, 0.25) is 0 Å². The molecule has 7 heteroatoms. The maximum Gasteiger partial charge on any atom is 0.250 e. The SMILES string of the molecule is Cc1cc(S(=O)(=O)NCC2CCCO2)sc1CNC(C)C. The van der Waals surface area contributed by atoms with E-state index in [-0.39, 0.29) is 6.10 Å². The van der Waals surface area contributed by atoms with Gasteiger partial charge < -0.3 is 10.1 Å². The Morgan fingerprint density at radius 1 is 1.48 bits per heavy atom. The Labute approximate surface area is 131 Å². The first-order valence-electron chi connectivity index (χ1n) is 7.32. The molecule has 0 radical (unpaired) electrons. The minimum atomic E-state index is -3.43. The summed E-state index contributed by atoms with van der Waals surface area (Å²) in [5.41, 5.74) is 1.02. The summed E-state index contributed by atoms with van der Waals surface area (Å²) >= 11 is 1.34. The van der Waals surface area contributed by atoms with Crippen LogP contribution in [0.5, 0.6) is 0 Å². The molecule has 1 fully saturated rings. The van der Waals surface area contributed by atoms with E-state index in [9.17, 15) is 8.42 Å². The summed E-state index contributed by atoms with van der Waals surface area (Å²) in [6.45, 7) is 7.89. The molecule has 1 aliphatic heterocycles. The van der Waals surface area contributed by atoms with E-state index in [0.717, 1.165) is 29.9 Å². The molecular weight excluding hydrogens is 308 g/mol. The second-order valence-electron chi connectivity index (χ2n) is 5.69. The Hall–Kier alpha value is -0.470. The third kappa shape index (κ3) is 4.75. The zero-order valence-corrected chi connectivity index (χ0v) is 14.4. The van der Waals surface area contributed by atoms with Crippen LogP contribution < -0.4 is 10.0 Å². The third-order valence-corrected chi connectivity index (χ3v) is 6.59. The lowest BCUT2D eigenvalue weighted by Crippen LogP contribution is -2.31. The summed E-state index contributed by atoms with van der Waals surface area (Å²) in [5, 5.41) is 3.32. The third-order valence-electron chi connectivity index (χ3n) is 3.46. The fourth-order valence-electron chi connectivity index (χ4n) is 2.17. The van der Waals surface area contributed by atoms with Gasteiger partial charge in [-0.3, -0.25) is 0 Å². The summed E-state index contributed by atoms with van der Waals surface area (Å²) in [7, 11) is -3.43. The van der Waals surface area contributed by atoms with E-state index in [1.54, 1.807) is 6.07 Å². The highest BCUT2D eigenvalue weighted by atomic mass is 32.2. The van der Waals surface area contributed by atoms with Crippen molar-refractivity contribution in [1.29, 1.82) is 0 Å². The Balaban J connectivity index is 2.00. The van der Waals surface area contributed by atoms with Crippen LogP contribution in [-0.4, -0.2) is 33.7 Å². The molecule has 1 atom stereocenters. The van der Waals surface area contributed by atoms with Gasteiger partial charge in [-0.1, -0.05) is 13.8 Å². The number of ether oxygens (including phenoxy) is 1. The number of nitrogens with one attached hydrogen (secondary N) is 2. The van der Waals surface area contributed by atoms with Crippen LogP contribution >= 0.6 is 11.3 Å². The fourth-order valence-corrected chi connectivity index (χ4v) is 4.82. The minimum absolute atomic E-state index is 0.0166. The van der Waals surface area contributed by atoms with Gasteiger partial charge in [0.05, 0.1) is 6.10 Å². The minimum Gasteiger partial charge on any atom is -0.377 e. The highest BCUT2D eigenvalue weighted by Gasteiger charge is 2.22. The lowest BCUT2D eigenvalue weighted by Gasteiger charge is -2.10. The van der Waals surface area contributed by atoms with Crippen LogP contribution in [0.25, 0.3) is 0 Å². The van der Waals surface area contributed by atoms with Gasteiger partial charge in [0.2, 0.25) is 10.0 Å². The van der Waals surface area contributed by atoms with Crippen LogP contribution in [0.15, 0.2) is 10.3 Å². The number of hydrogen-bond acceptors (Lipinski definition) is 5. The van der Waals surface area contributed by atoms with Gasteiger partial charge in [0.25, 0.3) is 0 Å². The first-order chi connectivity index (χ1) is 9.88. The number of hydrogen-bond donors (Lipinski definition) is 2. The predicted molar refractivity (Wildman–Crippen MR) is 85.2 cm³/mol. The predicted octanol–water partition coefficient (Wildman–Crippen LogP) is 2.01. The van der Waals surface area contributed by atoms with Crippen LogP contribution in [0.3, 0.4) is 0 Å². The molecule has 0 amide bonds. The van der Waals surface area contributed by atoms with Gasteiger partial charge in [-0.2, -0.15) is 0 Å². The molecule has 1 unspecified atom stereocenters. The topological polar surface area (TPSA) is 67.4 Å². The largest absolute Gasteiger partial charge is 0.377 e. The zero-order valence-electron chi connectivity index (χ0n) is 12.8. The Morgan fingerprint density at radius 3 is 2.86 bits per heavy atom. The Kier molecular flexibility index (Phi) is 5.79. The van der Waals surface area contributed by atoms with Gasteiger partial charge >= 0.3 is 0 Å². The summed E-state index contributed by atoms with van der Waals surface area (Å²) in [5.74, 6) is 0. The molecule has 0 bridgehead atoms. The van der Waals surface area contributed by atoms with Crippen molar-refractivity contribution in [1.82, 2.24) is 10.0 Å². The van der Waals surface area contributed by atoms with Crippen LogP contribution in [-0.2, 0) is 21.3 Å². The second kappa shape index (κ2) is 7.19. The molecule has 1 saturated heterocycles. The van der Waals surface area contributed by atoms with E-state index in [0.29, 0.717) is 23.3 Å². The number of thiophene rings is 1. The fraction of sp³-hybridized carbons (Fsp3) is 0.714. The summed E-state index contributed by atoms with van der Waals surface area (Å²) in [4.78, 5) is 1.07. The molecule has 21 heavy (non-hydrogen) atoms. The van der Waals surface area contributed by atoms with Crippen molar-refractivity contribution in [2.45, 2.75) is 56.5 Å². The van der Waals surface area contributed by atoms with Crippen molar-refractivity contribution >= 4 is 21.4 Å². The maximum atomic E-state index is 12.3. The van der Waals surface area contributed by atoms with E-state index in [1.807, 2.05) is 6.92 Å². The Bertz CT molecular complexity index is 561. The first-order valence-corrected chi connectivity index (χ1v) is 9.62. The molecule has 0 saturated carbocycles. The Morgan fingerprint density at radius 2 is 2.24 bits per heavy atom. The van der Waals surface area contributed by atoms with Crippen molar-refractivity contribution in [3.63, 3.8) is 0 Å². The molecule has 1 aromatic rings. The molecule has 120 valence electrons. The van der Waals surface area contributed by atoms with Gasteiger partial charge in [-0.15, -0.1) is 11.3 Å². The van der Waals surface area contributed by atoms with Crippen molar-refractivity contribution < 1.29 is 13.2 Å². The maximum absolute atomic E-state index is 12.3. The molecule has 2 N–H and O–H groups in total. The molecule has 0 aliphatic carbocycles. The van der Waals surface area contributed by atoms with Crippen LogP contribution in [0.1, 0.15) is 37.1 Å². The number of sulfonamides is 1. The zero-order chi connectivity index (χ0) is 15.5. The molecular formula is C14H24N2O3S2. The van der Waals surface area contributed by atoms with Crippen molar-refractivity contribution in [3.8, 4) is 0 Å². The summed E-state index contributed by atoms with van der Waals surface area (Å²) in [6.07, 6.45) is 1.95. The lowest BCUT2D eigenvalue weighted by molar-refractivity contribution is 0.114. The van der Waals surface area contributed by atoms with Gasteiger partial charge in [0, 0.05) is 30.6 Å². The van der Waals surface area contributed by atoms with Crippen LogP contribution in [0, 0.1) is 6.92 Å². The number of aryl methyl sites for hydroxylation is 1. The quantitative estimate of drug-likeness (QED) is 0.801. The van der Waals surface area contributed by atoms with Crippen molar-refractivity contribution in [2.24, 2.45) is 0 Å². The molecule has 1 aromatic heterocycles. The summed E-state index contributed by atoms with van der Waals surface area (Å²) < 4.78 is 33.1. The standard InChI is InChI=1S/C14H24N2O3S2/c1-10(2)15-9-13-11(3)7-14(20-13)21(17,18)16-8-12-5-4-6-19-12/h7,10,12,15-16H,4-6,8-9H2,1-3H3. The average Bonchev–Trinajstić information content (AvgIpc) is 3.04. The van der Waals surface area contributed by atoms with E-state index >= 15 is 0 Å². The molecule has 0 spiro atoms. The normalized spacial score (nSPS) is 19.5. The van der Waals surface area contributed by atoms with Gasteiger partial charge in [0.15, 0.2) is 0 Å². The highest BCUT2D eigenvalue weighted by molar-refractivity contribution is 7.91. The van der Waals surface area contributed by atoms with Crippen LogP contribution in [0.4, 0.5) is 0 Å². The monoisotopic (exact) mass is 332 g/mol. The van der Waals surface area contributed by atoms with E-state index in [2.05, 4.69) is 23.9 Å². The van der Waals surface area contributed by atoms with Crippen molar-refractivity contribution in [2.75, 3.05) is 13.2 Å². The molecule has 2 rings (SSSR count).